The van der Waals surface area contributed by atoms with Crippen LogP contribution >= 0.6 is 0 Å². The Morgan fingerprint density at radius 3 is 1.87 bits per heavy atom. The molecule has 31 heavy (non-hydrogen) atoms. The molecule has 0 N–H and O–H groups in total. The Morgan fingerprint density at radius 1 is 0.968 bits per heavy atom. The summed E-state index contributed by atoms with van der Waals surface area (Å²) in [5, 5.41) is 5.39. The molecule has 0 fully saturated rings. The smallest absolute Gasteiger partial charge is 0.183 e. The molecule has 1 nitrogen and oxygen atoms in total. The minimum Gasteiger partial charge on any atom is -1.00 e. The van der Waals surface area contributed by atoms with Gasteiger partial charge in [-0.05, 0) is 26.1 Å². The molecule has 0 radical (unpaired) electrons. The van der Waals surface area contributed by atoms with E-state index in [1.54, 1.807) is 24.2 Å². The van der Waals surface area contributed by atoms with Crippen molar-refractivity contribution in [3.8, 4) is 0 Å². The van der Waals surface area contributed by atoms with Crippen molar-refractivity contribution in [1.29, 1.82) is 0 Å². The summed E-state index contributed by atoms with van der Waals surface area (Å²) in [4.78, 5) is 0. The molecule has 166 valence electrons. The van der Waals surface area contributed by atoms with Crippen LogP contribution in [0.2, 0.25) is 19.6 Å². The Bertz CT molecular complexity index is 945. The zero-order valence-electron chi connectivity index (χ0n) is 19.1. The van der Waals surface area contributed by atoms with Gasteiger partial charge in [0.15, 0.2) is 8.32 Å². The number of rotatable bonds is 4. The zero-order chi connectivity index (χ0) is 21.3. The molecule has 3 aromatic carbocycles. The predicted octanol–water partition coefficient (Wildman–Crippen LogP) is 1.38. The average Bonchev–Trinajstić information content (AvgIpc) is 3.28. The number of fused-ring (bicyclic) bond motifs is 3. The number of hydrogen-bond acceptors (Lipinski definition) is 1. The maximum absolute atomic E-state index is 5.74. The summed E-state index contributed by atoms with van der Waals surface area (Å²) >= 11 is 1.55. The quantitative estimate of drug-likeness (QED) is 0.353. The van der Waals surface area contributed by atoms with Gasteiger partial charge in [0, 0.05) is 6.61 Å². The summed E-state index contributed by atoms with van der Waals surface area (Å²) in [6.45, 7) is 11.8. The van der Waals surface area contributed by atoms with Crippen LogP contribution in [0.15, 0.2) is 72.3 Å². The molecule has 0 saturated carbocycles. The van der Waals surface area contributed by atoms with Gasteiger partial charge in [0.25, 0.3) is 0 Å². The molecular weight excluding hydrogens is 519 g/mol. The first-order valence-corrected chi connectivity index (χ1v) is 14.8. The van der Waals surface area contributed by atoms with E-state index >= 15 is 0 Å². The summed E-state index contributed by atoms with van der Waals surface area (Å²) < 4.78 is 7.24. The van der Waals surface area contributed by atoms with Gasteiger partial charge >= 0.3 is 41.3 Å². The van der Waals surface area contributed by atoms with E-state index in [2.05, 4.69) is 106 Å². The normalized spacial score (nSPS) is 12.0. The number of hydrogen-bond donors (Lipinski definition) is 0. The predicted molar refractivity (Wildman–Crippen MR) is 128 cm³/mol. The summed E-state index contributed by atoms with van der Waals surface area (Å²) in [6.07, 6.45) is 9.59. The molecule has 0 aromatic heterocycles. The van der Waals surface area contributed by atoms with Crippen LogP contribution in [0.4, 0.5) is 0 Å². The van der Waals surface area contributed by atoms with Crippen LogP contribution in [-0.2, 0) is 28.7 Å². The fraction of sp³-hybridized carbons (Fsp3) is 0.308. The number of halogens is 2. The first-order valence-electron chi connectivity index (χ1n) is 10.2. The van der Waals surface area contributed by atoms with Crippen molar-refractivity contribution in [3.05, 3.63) is 78.4 Å². The van der Waals surface area contributed by atoms with E-state index in [9.17, 15) is 0 Å². The second kappa shape index (κ2) is 15.2. The van der Waals surface area contributed by atoms with Gasteiger partial charge < -0.3 is 29.2 Å². The fourth-order valence-electron chi connectivity index (χ4n) is 2.99. The Kier molecular flexibility index (Phi) is 14.9. The second-order valence-corrected chi connectivity index (χ2v) is 15.3. The SMILES string of the molecule is C[C](C)=[Zr+2].C[Si](C)(C)OCCC1=[C-]CC=C1.[Cl-].[Cl-].c1ccc2c(c1)[cH-]c1ccccc12. The summed E-state index contributed by atoms with van der Waals surface area (Å²) in [6, 6.07) is 19.3. The van der Waals surface area contributed by atoms with E-state index in [1.807, 2.05) is 0 Å². The van der Waals surface area contributed by atoms with Gasteiger partial charge in [-0.2, -0.15) is 6.08 Å². The van der Waals surface area contributed by atoms with E-state index in [1.165, 1.54) is 30.3 Å². The topological polar surface area (TPSA) is 9.23 Å². The molecule has 0 bridgehead atoms. The van der Waals surface area contributed by atoms with Crippen molar-refractivity contribution in [1.82, 2.24) is 0 Å². The van der Waals surface area contributed by atoms with Crippen LogP contribution in [0.3, 0.4) is 0 Å². The van der Waals surface area contributed by atoms with E-state index in [0.717, 1.165) is 19.4 Å². The van der Waals surface area contributed by atoms with Crippen LogP contribution in [0.5, 0.6) is 0 Å². The Hall–Kier alpha value is -0.700. The van der Waals surface area contributed by atoms with E-state index in [0.29, 0.717) is 0 Å². The molecule has 0 atom stereocenters. The molecule has 0 unspecified atom stereocenters. The Labute approximate surface area is 216 Å². The van der Waals surface area contributed by atoms with Crippen molar-refractivity contribution in [2.45, 2.75) is 46.3 Å². The summed E-state index contributed by atoms with van der Waals surface area (Å²) in [5.41, 5.74) is 1.31. The van der Waals surface area contributed by atoms with Gasteiger partial charge in [-0.15, -0.1) is 46.2 Å². The third-order valence-electron chi connectivity index (χ3n) is 4.20. The van der Waals surface area contributed by atoms with Crippen molar-refractivity contribution < 1.29 is 53.5 Å². The molecule has 0 aliphatic heterocycles. The summed E-state index contributed by atoms with van der Waals surface area (Å²) in [5.74, 6) is 0. The Balaban J connectivity index is 0.000000473. The third-order valence-corrected chi connectivity index (χ3v) is 5.27. The molecule has 1 aliphatic carbocycles. The van der Waals surface area contributed by atoms with Crippen LogP contribution in [0.1, 0.15) is 26.7 Å². The minimum absolute atomic E-state index is 0. The van der Waals surface area contributed by atoms with E-state index < -0.39 is 8.32 Å². The molecule has 0 spiro atoms. The summed E-state index contributed by atoms with van der Waals surface area (Å²) in [7, 11) is -1.29. The molecule has 4 rings (SSSR count). The van der Waals surface area contributed by atoms with Crippen molar-refractivity contribution >= 4 is 33.1 Å². The van der Waals surface area contributed by atoms with Crippen molar-refractivity contribution in [2.24, 2.45) is 0 Å². The van der Waals surface area contributed by atoms with Gasteiger partial charge in [-0.25, -0.2) is 11.6 Å². The van der Waals surface area contributed by atoms with Crippen LogP contribution in [0, 0.1) is 6.08 Å². The van der Waals surface area contributed by atoms with Crippen LogP contribution in [-0.4, -0.2) is 18.1 Å². The first-order chi connectivity index (χ1) is 13.8. The maximum Gasteiger partial charge on any atom is 0.183 e. The van der Waals surface area contributed by atoms with Gasteiger partial charge in [0.1, 0.15) is 0 Å². The largest absolute Gasteiger partial charge is 1.00 e. The molecule has 0 heterocycles. The van der Waals surface area contributed by atoms with Gasteiger partial charge in [-0.1, -0.05) is 36.4 Å². The average molecular weight is 551 g/mol. The second-order valence-electron chi connectivity index (χ2n) is 8.34. The molecule has 1 aliphatic rings. The van der Waals surface area contributed by atoms with Crippen molar-refractivity contribution in [3.63, 3.8) is 0 Å². The van der Waals surface area contributed by atoms with Crippen molar-refractivity contribution in [2.75, 3.05) is 6.61 Å². The van der Waals surface area contributed by atoms with Gasteiger partial charge in [0.2, 0.25) is 0 Å². The zero-order valence-corrected chi connectivity index (χ0v) is 24.1. The minimum atomic E-state index is -1.29. The standard InChI is InChI=1S/C13H9.C10H17OSi.C3H6.2ClH.Zr/c1-3-7-12-10(5-1)9-11-6-2-4-8-13(11)12;1-12(2,3)11-9-8-10-6-4-5-7-10;1-3-2;;;/h1-9H;4,6H,5,8-9H2,1-3H3;1-2H3;2*1H;/q2*-1;;;;+2/p-2. The molecule has 0 saturated heterocycles. The molecule has 0 amide bonds. The fourth-order valence-corrected chi connectivity index (χ4v) is 3.71. The van der Waals surface area contributed by atoms with Gasteiger partial charge in [-0.3, -0.25) is 6.08 Å². The van der Waals surface area contributed by atoms with Gasteiger partial charge in [0.05, 0.1) is 0 Å². The molecule has 5 heteroatoms. The van der Waals surface area contributed by atoms with Crippen LogP contribution < -0.4 is 24.8 Å². The van der Waals surface area contributed by atoms with E-state index in [-0.39, 0.29) is 24.8 Å². The van der Waals surface area contributed by atoms with E-state index in [4.69, 9.17) is 4.43 Å². The molecular formula is C26H32Cl2OSiZr-2. The third kappa shape index (κ3) is 11.6. The van der Waals surface area contributed by atoms with Crippen LogP contribution in [0.25, 0.3) is 21.5 Å². The molecule has 3 aromatic rings. The monoisotopic (exact) mass is 548 g/mol. The maximum atomic E-state index is 5.74. The first kappa shape index (κ1) is 30.3. The Morgan fingerprint density at radius 2 is 1.45 bits per heavy atom. The number of benzene rings is 2. The number of allylic oxidation sites excluding steroid dienone is 3.